The molecule has 6 nitrogen and oxygen atoms in total. The third-order valence-corrected chi connectivity index (χ3v) is 4.76. The molecule has 0 saturated carbocycles. The SMILES string of the molecule is CC(=O)C1(C(=O)O)CS[C@@H]2C(N)C(=O)N2C1. The maximum absolute atomic E-state index is 11.5. The number of carboxylic acids is 1. The van der Waals surface area contributed by atoms with Gasteiger partial charge in [-0.15, -0.1) is 11.8 Å². The average molecular weight is 244 g/mol. The van der Waals surface area contributed by atoms with Crippen molar-refractivity contribution in [3.8, 4) is 0 Å². The van der Waals surface area contributed by atoms with Crippen LogP contribution in [0.4, 0.5) is 0 Å². The summed E-state index contributed by atoms with van der Waals surface area (Å²) in [5.41, 5.74) is 4.11. The van der Waals surface area contributed by atoms with Crippen LogP contribution in [0.1, 0.15) is 6.92 Å². The van der Waals surface area contributed by atoms with Crippen LogP contribution < -0.4 is 5.73 Å². The van der Waals surface area contributed by atoms with Gasteiger partial charge >= 0.3 is 5.97 Å². The van der Waals surface area contributed by atoms with Crippen LogP contribution in [0.2, 0.25) is 0 Å². The number of carbonyl (C=O) groups excluding carboxylic acids is 2. The number of β-lactam (4-membered cyclic amide) rings is 1. The van der Waals surface area contributed by atoms with Gasteiger partial charge in [0.25, 0.3) is 0 Å². The molecule has 0 aromatic rings. The lowest BCUT2D eigenvalue weighted by Gasteiger charge is -2.52. The second-order valence-electron chi connectivity index (χ2n) is 4.14. The summed E-state index contributed by atoms with van der Waals surface area (Å²) in [5, 5.41) is 8.97. The van der Waals surface area contributed by atoms with E-state index < -0.39 is 23.2 Å². The molecule has 3 N–H and O–H groups in total. The normalized spacial score (nSPS) is 37.6. The molecule has 2 fully saturated rings. The molecule has 16 heavy (non-hydrogen) atoms. The number of nitrogens with two attached hydrogens (primary N) is 1. The molecule has 3 atom stereocenters. The van der Waals surface area contributed by atoms with Gasteiger partial charge in [0.1, 0.15) is 17.2 Å². The van der Waals surface area contributed by atoms with Gasteiger partial charge in [0.05, 0.1) is 0 Å². The molecule has 0 aliphatic carbocycles. The predicted molar refractivity (Wildman–Crippen MR) is 56.7 cm³/mol. The van der Waals surface area contributed by atoms with Crippen molar-refractivity contribution in [1.82, 2.24) is 4.90 Å². The monoisotopic (exact) mass is 244 g/mol. The van der Waals surface area contributed by atoms with E-state index in [0.29, 0.717) is 0 Å². The highest BCUT2D eigenvalue weighted by Gasteiger charge is 2.57. The largest absolute Gasteiger partial charge is 0.480 e. The molecule has 2 rings (SSSR count). The van der Waals surface area contributed by atoms with E-state index in [2.05, 4.69) is 0 Å². The molecule has 0 aromatic carbocycles. The van der Waals surface area contributed by atoms with E-state index >= 15 is 0 Å². The van der Waals surface area contributed by atoms with Crippen LogP contribution >= 0.6 is 11.8 Å². The Labute approximate surface area is 96.1 Å². The van der Waals surface area contributed by atoms with Gasteiger partial charge in [0.15, 0.2) is 5.41 Å². The number of nitrogens with zero attached hydrogens (tertiary/aromatic N) is 1. The van der Waals surface area contributed by atoms with Crippen molar-refractivity contribution in [2.75, 3.05) is 12.3 Å². The molecule has 1 amide bonds. The van der Waals surface area contributed by atoms with Crippen molar-refractivity contribution < 1.29 is 19.5 Å². The van der Waals surface area contributed by atoms with Gasteiger partial charge < -0.3 is 15.7 Å². The quantitative estimate of drug-likeness (QED) is 0.472. The zero-order valence-electron chi connectivity index (χ0n) is 8.67. The highest BCUT2D eigenvalue weighted by atomic mass is 32.2. The van der Waals surface area contributed by atoms with E-state index in [1.807, 2.05) is 0 Å². The zero-order chi connectivity index (χ0) is 12.1. The first-order valence-corrected chi connectivity index (χ1v) is 5.87. The predicted octanol–water partition coefficient (Wildman–Crippen LogP) is -1.11. The van der Waals surface area contributed by atoms with Crippen LogP contribution in [0.25, 0.3) is 0 Å². The number of carboxylic acid groups (broad SMARTS) is 1. The van der Waals surface area contributed by atoms with Crippen molar-refractivity contribution >= 4 is 29.4 Å². The Morgan fingerprint density at radius 2 is 2.25 bits per heavy atom. The van der Waals surface area contributed by atoms with E-state index in [-0.39, 0.29) is 23.6 Å². The maximum atomic E-state index is 11.5. The summed E-state index contributed by atoms with van der Waals surface area (Å²) in [6.07, 6.45) is 0. The third-order valence-electron chi connectivity index (χ3n) is 3.21. The fraction of sp³-hybridized carbons (Fsp3) is 0.667. The summed E-state index contributed by atoms with van der Waals surface area (Å²) in [7, 11) is 0. The first-order valence-electron chi connectivity index (χ1n) is 4.82. The highest BCUT2D eigenvalue weighted by Crippen LogP contribution is 2.41. The number of Topliss-reactive ketones (excluding diaryl/α,β-unsaturated/α-hetero) is 1. The summed E-state index contributed by atoms with van der Waals surface area (Å²) in [5.74, 6) is -1.68. The zero-order valence-corrected chi connectivity index (χ0v) is 9.49. The molecule has 0 spiro atoms. The maximum Gasteiger partial charge on any atom is 0.319 e. The molecule has 2 aliphatic rings. The van der Waals surface area contributed by atoms with Crippen molar-refractivity contribution in [2.24, 2.45) is 11.1 Å². The minimum absolute atomic E-state index is 0.0537. The Bertz CT molecular complexity index is 370. The van der Waals surface area contributed by atoms with Crippen LogP contribution in [0.3, 0.4) is 0 Å². The lowest BCUT2D eigenvalue weighted by molar-refractivity contribution is -0.160. The Hall–Kier alpha value is -1.08. The fourth-order valence-electron chi connectivity index (χ4n) is 1.97. The first-order chi connectivity index (χ1) is 7.40. The number of aliphatic carboxylic acids is 1. The van der Waals surface area contributed by atoms with Gasteiger partial charge in [-0.1, -0.05) is 0 Å². The molecule has 0 radical (unpaired) electrons. The van der Waals surface area contributed by atoms with E-state index in [9.17, 15) is 14.4 Å². The van der Waals surface area contributed by atoms with Gasteiger partial charge in [-0.3, -0.25) is 14.4 Å². The molecule has 2 aliphatic heterocycles. The minimum Gasteiger partial charge on any atom is -0.480 e. The Balaban J connectivity index is 2.24. The second-order valence-corrected chi connectivity index (χ2v) is 5.24. The Morgan fingerprint density at radius 1 is 1.62 bits per heavy atom. The van der Waals surface area contributed by atoms with Crippen LogP contribution in [-0.4, -0.2) is 51.4 Å². The van der Waals surface area contributed by atoms with E-state index in [1.54, 1.807) is 0 Å². The average Bonchev–Trinajstić information content (AvgIpc) is 2.26. The van der Waals surface area contributed by atoms with Crippen molar-refractivity contribution in [3.05, 3.63) is 0 Å². The minimum atomic E-state index is -1.46. The third kappa shape index (κ3) is 1.28. The topological polar surface area (TPSA) is 101 Å². The molecular formula is C9H12N2O4S. The summed E-state index contributed by atoms with van der Waals surface area (Å²) in [4.78, 5) is 35.4. The van der Waals surface area contributed by atoms with Gasteiger partial charge in [-0.2, -0.15) is 0 Å². The molecule has 2 heterocycles. The molecule has 2 unspecified atom stereocenters. The fourth-order valence-corrected chi connectivity index (χ4v) is 3.52. The molecule has 0 bridgehead atoms. The number of hydrogen-bond donors (Lipinski definition) is 2. The smallest absolute Gasteiger partial charge is 0.319 e. The van der Waals surface area contributed by atoms with Crippen molar-refractivity contribution in [2.45, 2.75) is 18.3 Å². The Kier molecular flexibility index (Phi) is 2.47. The molecule has 2 saturated heterocycles. The summed E-state index contributed by atoms with van der Waals surface area (Å²) < 4.78 is 0. The second kappa shape index (κ2) is 3.46. The molecule has 7 heteroatoms. The van der Waals surface area contributed by atoms with Crippen LogP contribution in [-0.2, 0) is 14.4 Å². The number of hydrogen-bond acceptors (Lipinski definition) is 5. The molecule has 88 valence electrons. The summed E-state index contributed by atoms with van der Waals surface area (Å²) in [6, 6.07) is -0.552. The van der Waals surface area contributed by atoms with E-state index in [4.69, 9.17) is 10.8 Å². The standard InChI is InChI=1S/C9H12N2O4S/c1-4(12)9(8(14)15)2-11-6(13)5(10)7(11)16-3-9/h5,7H,2-3,10H2,1H3,(H,14,15)/t5?,7-,9?/m1/s1. The van der Waals surface area contributed by atoms with Gasteiger partial charge in [0.2, 0.25) is 5.91 Å². The number of carbonyl (C=O) groups is 3. The van der Waals surface area contributed by atoms with Gasteiger partial charge in [-0.05, 0) is 6.92 Å². The number of ketones is 1. The van der Waals surface area contributed by atoms with Crippen molar-refractivity contribution in [3.63, 3.8) is 0 Å². The Morgan fingerprint density at radius 3 is 2.75 bits per heavy atom. The molecule has 0 aromatic heterocycles. The first kappa shape index (κ1) is 11.4. The summed E-state index contributed by atoms with van der Waals surface area (Å²) in [6.45, 7) is 1.20. The van der Waals surface area contributed by atoms with Crippen LogP contribution in [0.5, 0.6) is 0 Å². The lowest BCUT2D eigenvalue weighted by Crippen LogP contribution is -2.72. The lowest BCUT2D eigenvalue weighted by atomic mass is 9.83. The van der Waals surface area contributed by atoms with Crippen molar-refractivity contribution in [1.29, 1.82) is 0 Å². The van der Waals surface area contributed by atoms with Crippen LogP contribution in [0.15, 0.2) is 0 Å². The van der Waals surface area contributed by atoms with Gasteiger partial charge in [0, 0.05) is 12.3 Å². The highest BCUT2D eigenvalue weighted by molar-refractivity contribution is 8.00. The summed E-state index contributed by atoms with van der Waals surface area (Å²) >= 11 is 1.27. The van der Waals surface area contributed by atoms with E-state index in [0.717, 1.165) is 0 Å². The van der Waals surface area contributed by atoms with E-state index in [1.165, 1.54) is 23.6 Å². The number of fused-ring (bicyclic) bond motifs is 1. The van der Waals surface area contributed by atoms with Crippen LogP contribution in [0, 0.1) is 5.41 Å². The molecular weight excluding hydrogens is 232 g/mol. The van der Waals surface area contributed by atoms with Gasteiger partial charge in [-0.25, -0.2) is 0 Å². The number of thioether (sulfide) groups is 1. The number of amides is 1. The number of rotatable bonds is 2.